The molecular formula is C22H24F3N3O3S. The molecule has 0 aliphatic heterocycles. The van der Waals surface area contributed by atoms with E-state index in [1.54, 1.807) is 12.1 Å². The van der Waals surface area contributed by atoms with Crippen LogP contribution >= 0.6 is 0 Å². The van der Waals surface area contributed by atoms with Crippen LogP contribution in [-0.2, 0) is 22.6 Å². The van der Waals surface area contributed by atoms with Gasteiger partial charge >= 0.3 is 6.18 Å². The number of hydrogen-bond donors (Lipinski definition) is 2. The van der Waals surface area contributed by atoms with Gasteiger partial charge in [-0.05, 0) is 49.1 Å². The monoisotopic (exact) mass is 467 g/mol. The van der Waals surface area contributed by atoms with E-state index < -0.39 is 28.0 Å². The van der Waals surface area contributed by atoms with Gasteiger partial charge in [0.1, 0.15) is 0 Å². The minimum atomic E-state index is -4.68. The summed E-state index contributed by atoms with van der Waals surface area (Å²) < 4.78 is 65.1. The molecule has 3 rings (SSSR count). The first-order chi connectivity index (χ1) is 14.8. The summed E-state index contributed by atoms with van der Waals surface area (Å²) in [5.74, 6) is 0.430. The van der Waals surface area contributed by atoms with E-state index in [1.165, 1.54) is 19.1 Å². The van der Waals surface area contributed by atoms with Crippen molar-refractivity contribution in [3.05, 3.63) is 65.4 Å². The Morgan fingerprint density at radius 3 is 2.19 bits per heavy atom. The van der Waals surface area contributed by atoms with Crippen LogP contribution in [0.15, 0.2) is 53.4 Å². The number of rotatable bonds is 6. The van der Waals surface area contributed by atoms with Crippen molar-refractivity contribution in [2.24, 2.45) is 11.1 Å². The van der Waals surface area contributed by atoms with Crippen molar-refractivity contribution in [3.63, 3.8) is 0 Å². The molecule has 0 aliphatic rings. The van der Waals surface area contributed by atoms with Crippen LogP contribution in [0.5, 0.6) is 0 Å². The molecule has 0 spiro atoms. The van der Waals surface area contributed by atoms with Crippen molar-refractivity contribution in [2.45, 2.75) is 44.4 Å². The van der Waals surface area contributed by atoms with E-state index >= 15 is 0 Å². The van der Waals surface area contributed by atoms with E-state index in [4.69, 9.17) is 5.14 Å². The zero-order valence-electron chi connectivity index (χ0n) is 17.8. The summed E-state index contributed by atoms with van der Waals surface area (Å²) in [6.45, 7) is 5.49. The molecule has 1 unspecified atom stereocenters. The first kappa shape index (κ1) is 24.0. The Kier molecular flexibility index (Phi) is 6.50. The topological polar surface area (TPSA) is 98.2 Å². The second-order valence-corrected chi connectivity index (χ2v) is 9.59. The molecule has 0 bridgehead atoms. The minimum absolute atomic E-state index is 0.0349. The average Bonchev–Trinajstić information content (AvgIpc) is 3.13. The molecule has 0 saturated heterocycles. The molecule has 172 valence electrons. The van der Waals surface area contributed by atoms with Gasteiger partial charge in [0, 0.05) is 11.1 Å². The number of aliphatic hydroxyl groups is 1. The summed E-state index contributed by atoms with van der Waals surface area (Å²) in [6, 6.07) is 11.8. The van der Waals surface area contributed by atoms with Gasteiger partial charge in [0.2, 0.25) is 10.0 Å². The second-order valence-electron chi connectivity index (χ2n) is 8.06. The van der Waals surface area contributed by atoms with Crippen molar-refractivity contribution in [1.82, 2.24) is 9.78 Å². The number of nitrogens with zero attached hydrogens (tertiary/aromatic N) is 2. The van der Waals surface area contributed by atoms with Crippen LogP contribution in [0.1, 0.15) is 43.7 Å². The first-order valence-electron chi connectivity index (χ1n) is 9.89. The highest BCUT2D eigenvalue weighted by Crippen LogP contribution is 2.34. The fourth-order valence-electron chi connectivity index (χ4n) is 3.46. The first-order valence-corrected chi connectivity index (χ1v) is 11.4. The number of halogens is 3. The van der Waals surface area contributed by atoms with Crippen molar-refractivity contribution in [1.29, 1.82) is 0 Å². The molecule has 2 aromatic carbocycles. The Hall–Kier alpha value is -2.69. The number of sulfonamides is 1. The zero-order valence-corrected chi connectivity index (χ0v) is 18.6. The van der Waals surface area contributed by atoms with E-state index in [0.717, 1.165) is 28.8 Å². The van der Waals surface area contributed by atoms with Gasteiger partial charge in [0.25, 0.3) is 0 Å². The Bertz CT molecular complexity index is 1220. The molecule has 1 aromatic heterocycles. The number of nitrogens with two attached hydrogens (primary N) is 1. The summed E-state index contributed by atoms with van der Waals surface area (Å²) in [4.78, 5) is -0.306. The van der Waals surface area contributed by atoms with Gasteiger partial charge in [-0.3, -0.25) is 0 Å². The zero-order chi connectivity index (χ0) is 23.8. The highest BCUT2D eigenvalue weighted by Gasteiger charge is 2.35. The molecule has 3 N–H and O–H groups in total. The molecule has 0 amide bonds. The maximum atomic E-state index is 13.4. The molecule has 1 atom stereocenters. The van der Waals surface area contributed by atoms with Gasteiger partial charge in [0.05, 0.1) is 22.4 Å². The molecule has 0 radical (unpaired) electrons. The van der Waals surface area contributed by atoms with Crippen molar-refractivity contribution < 1.29 is 26.7 Å². The normalized spacial score (nSPS) is 13.5. The van der Waals surface area contributed by atoms with Crippen LogP contribution in [0.25, 0.3) is 16.9 Å². The maximum absolute atomic E-state index is 13.4. The summed E-state index contributed by atoms with van der Waals surface area (Å²) in [7, 11) is -4.14. The molecule has 3 aromatic rings. The summed E-state index contributed by atoms with van der Waals surface area (Å²) in [6.07, 6.45) is -5.06. The molecule has 0 saturated carbocycles. The average molecular weight is 468 g/mol. The lowest BCUT2D eigenvalue weighted by atomic mass is 10.0. The quantitative estimate of drug-likeness (QED) is 0.559. The van der Waals surface area contributed by atoms with Crippen molar-refractivity contribution >= 4 is 10.0 Å². The Balaban J connectivity index is 2.18. The Morgan fingerprint density at radius 2 is 1.69 bits per heavy atom. The van der Waals surface area contributed by atoms with E-state index in [9.17, 15) is 26.7 Å². The fourth-order valence-corrected chi connectivity index (χ4v) is 4.27. The lowest BCUT2D eigenvalue weighted by Crippen LogP contribution is -2.16. The molecule has 0 aliphatic carbocycles. The Labute approximate surface area is 184 Å². The third-order valence-electron chi connectivity index (χ3n) is 4.89. The highest BCUT2D eigenvalue weighted by molar-refractivity contribution is 7.89. The molecule has 1 heterocycles. The van der Waals surface area contributed by atoms with Crippen LogP contribution in [0.4, 0.5) is 13.2 Å². The lowest BCUT2D eigenvalue weighted by molar-refractivity contribution is -0.141. The van der Waals surface area contributed by atoms with Crippen LogP contribution < -0.4 is 5.14 Å². The summed E-state index contributed by atoms with van der Waals surface area (Å²) in [5.41, 5.74) is 0.771. The molecule has 32 heavy (non-hydrogen) atoms. The molecular weight excluding hydrogens is 443 g/mol. The Morgan fingerprint density at radius 1 is 1.06 bits per heavy atom. The van der Waals surface area contributed by atoms with E-state index in [2.05, 4.69) is 18.9 Å². The fraction of sp³-hybridized carbons (Fsp3) is 0.318. The second kappa shape index (κ2) is 8.68. The minimum Gasteiger partial charge on any atom is -0.389 e. The van der Waals surface area contributed by atoms with Crippen molar-refractivity contribution in [3.8, 4) is 16.9 Å². The number of aromatic nitrogens is 2. The number of alkyl halides is 3. The summed E-state index contributed by atoms with van der Waals surface area (Å²) >= 11 is 0. The van der Waals surface area contributed by atoms with Crippen LogP contribution in [-0.4, -0.2) is 23.3 Å². The summed E-state index contributed by atoms with van der Waals surface area (Å²) in [5, 5.41) is 19.0. The van der Waals surface area contributed by atoms with Crippen molar-refractivity contribution in [2.75, 3.05) is 0 Å². The van der Waals surface area contributed by atoms with Gasteiger partial charge in [-0.2, -0.15) is 18.3 Å². The van der Waals surface area contributed by atoms with Gasteiger partial charge in [0.15, 0.2) is 5.69 Å². The lowest BCUT2D eigenvalue weighted by Gasteiger charge is -2.14. The van der Waals surface area contributed by atoms with Crippen LogP contribution in [0, 0.1) is 5.92 Å². The SMILES string of the molecule is CC(C)Cc1ccc(-c2cc(C(F)(F)F)nn2-c2ccc(S(N)(=O)=O)c(C(C)O)c2)cc1. The largest absolute Gasteiger partial charge is 0.435 e. The van der Waals surface area contributed by atoms with E-state index in [-0.39, 0.29) is 21.8 Å². The highest BCUT2D eigenvalue weighted by atomic mass is 32.2. The number of hydrogen-bond acceptors (Lipinski definition) is 4. The predicted molar refractivity (Wildman–Crippen MR) is 115 cm³/mol. The molecule has 6 nitrogen and oxygen atoms in total. The smallest absolute Gasteiger partial charge is 0.389 e. The van der Waals surface area contributed by atoms with Gasteiger partial charge in [-0.1, -0.05) is 38.1 Å². The molecule has 0 fully saturated rings. The predicted octanol–water partition coefficient (Wildman–Crippen LogP) is 4.46. The van der Waals surface area contributed by atoms with Gasteiger partial charge in [-0.25, -0.2) is 18.2 Å². The number of primary sulfonamides is 1. The van der Waals surface area contributed by atoms with Gasteiger partial charge < -0.3 is 5.11 Å². The standard InChI is InChI=1S/C22H24F3N3O3S/c1-13(2)10-15-4-6-16(7-5-15)19-12-21(22(23,24)25)27-28(19)17-8-9-20(32(26,30)31)18(11-17)14(3)29/h4-9,11-14,29H,10H2,1-3H3,(H2,26,30,31). The maximum Gasteiger partial charge on any atom is 0.435 e. The van der Waals surface area contributed by atoms with Gasteiger partial charge in [-0.15, -0.1) is 0 Å². The number of benzene rings is 2. The van der Waals surface area contributed by atoms with E-state index in [1.807, 2.05) is 12.1 Å². The third kappa shape index (κ3) is 5.20. The molecule has 10 heteroatoms. The van der Waals surface area contributed by atoms with Crippen LogP contribution in [0.3, 0.4) is 0 Å². The third-order valence-corrected chi connectivity index (χ3v) is 5.87. The number of aliphatic hydroxyl groups excluding tert-OH is 1. The van der Waals surface area contributed by atoms with Crippen LogP contribution in [0.2, 0.25) is 0 Å². The van der Waals surface area contributed by atoms with E-state index in [0.29, 0.717) is 11.5 Å².